The Morgan fingerprint density at radius 3 is 2.70 bits per heavy atom. The molecule has 3 rings (SSSR count). The quantitative estimate of drug-likeness (QED) is 0.743. The molecule has 0 saturated carbocycles. The second-order valence-corrected chi connectivity index (χ2v) is 7.13. The van der Waals surface area contributed by atoms with Crippen molar-refractivity contribution in [2.75, 3.05) is 39.9 Å². The number of ether oxygens (including phenoxy) is 1. The number of rotatable bonds is 4. The number of carbonyl (C=O) groups excluding carboxylic acids is 2. The van der Waals surface area contributed by atoms with E-state index in [2.05, 4.69) is 12.2 Å². The molecule has 1 aliphatic carbocycles. The van der Waals surface area contributed by atoms with E-state index < -0.39 is 0 Å². The smallest absolute Gasteiger partial charge is 0.229 e. The lowest BCUT2D eigenvalue weighted by Crippen LogP contribution is -2.39. The molecule has 5 nitrogen and oxygen atoms in total. The highest BCUT2D eigenvalue weighted by molar-refractivity contribution is 5.85. The number of hydrogen-bond acceptors (Lipinski definition) is 3. The molecule has 0 bridgehead atoms. The van der Waals surface area contributed by atoms with Crippen molar-refractivity contribution >= 4 is 11.8 Å². The first-order chi connectivity index (χ1) is 11.2. The monoisotopic (exact) mass is 320 g/mol. The third kappa shape index (κ3) is 3.30. The lowest BCUT2D eigenvalue weighted by Gasteiger charge is -2.27. The topological polar surface area (TPSA) is 49.9 Å². The number of nitrogens with zero attached hydrogens (tertiary/aromatic N) is 2. The van der Waals surface area contributed by atoms with Gasteiger partial charge in [0.25, 0.3) is 0 Å². The first-order valence-electron chi connectivity index (χ1n) is 8.88. The first-order valence-corrected chi connectivity index (χ1v) is 8.88. The van der Waals surface area contributed by atoms with E-state index in [1.165, 1.54) is 0 Å². The van der Waals surface area contributed by atoms with Crippen LogP contribution in [0.25, 0.3) is 0 Å². The Kier molecular flexibility index (Phi) is 5.05. The summed E-state index contributed by atoms with van der Waals surface area (Å²) in [6, 6.07) is 0. The summed E-state index contributed by atoms with van der Waals surface area (Å²) in [5.74, 6) is 0.710. The molecule has 1 spiro atoms. The number of methoxy groups -OCH3 is 1. The van der Waals surface area contributed by atoms with Gasteiger partial charge < -0.3 is 14.5 Å². The third-order valence-corrected chi connectivity index (χ3v) is 5.78. The fourth-order valence-electron chi connectivity index (χ4n) is 4.26. The van der Waals surface area contributed by atoms with Crippen LogP contribution in [-0.2, 0) is 14.3 Å². The van der Waals surface area contributed by atoms with Crippen LogP contribution in [0.15, 0.2) is 12.2 Å². The van der Waals surface area contributed by atoms with E-state index in [9.17, 15) is 9.59 Å². The van der Waals surface area contributed by atoms with Crippen molar-refractivity contribution in [2.45, 2.75) is 38.5 Å². The molecular formula is C18H28N2O3. The molecule has 0 aromatic heterocycles. The number of hydrogen-bond donors (Lipinski definition) is 0. The fourth-order valence-corrected chi connectivity index (χ4v) is 4.26. The van der Waals surface area contributed by atoms with Crippen molar-refractivity contribution in [3.05, 3.63) is 12.2 Å². The summed E-state index contributed by atoms with van der Waals surface area (Å²) < 4.78 is 5.11. The van der Waals surface area contributed by atoms with Crippen LogP contribution in [0.4, 0.5) is 0 Å². The maximum Gasteiger partial charge on any atom is 0.229 e. The second-order valence-electron chi connectivity index (χ2n) is 7.13. The first kappa shape index (κ1) is 16.5. The van der Waals surface area contributed by atoms with Crippen molar-refractivity contribution in [2.24, 2.45) is 11.3 Å². The maximum atomic E-state index is 12.8. The zero-order chi connectivity index (χ0) is 16.3. The minimum Gasteiger partial charge on any atom is -0.383 e. The molecule has 2 heterocycles. The molecule has 1 atom stereocenters. The number of carbonyl (C=O) groups is 2. The van der Waals surface area contributed by atoms with E-state index in [1.54, 1.807) is 7.11 Å². The Bertz CT molecular complexity index is 483. The van der Waals surface area contributed by atoms with Crippen LogP contribution in [0.2, 0.25) is 0 Å². The summed E-state index contributed by atoms with van der Waals surface area (Å²) in [4.78, 5) is 29.4. The predicted molar refractivity (Wildman–Crippen MR) is 87.8 cm³/mol. The van der Waals surface area contributed by atoms with Gasteiger partial charge in [0.05, 0.1) is 12.0 Å². The Labute approximate surface area is 138 Å². The maximum absolute atomic E-state index is 12.8. The molecule has 0 N–H and O–H groups in total. The summed E-state index contributed by atoms with van der Waals surface area (Å²) in [6.07, 6.45) is 9.59. The van der Waals surface area contributed by atoms with Crippen molar-refractivity contribution in [3.8, 4) is 0 Å². The van der Waals surface area contributed by atoms with Gasteiger partial charge in [0.2, 0.25) is 11.8 Å². The molecule has 5 heteroatoms. The second kappa shape index (κ2) is 7.04. The average molecular weight is 320 g/mol. The van der Waals surface area contributed by atoms with Crippen molar-refractivity contribution in [3.63, 3.8) is 0 Å². The van der Waals surface area contributed by atoms with Crippen LogP contribution in [0, 0.1) is 11.3 Å². The highest BCUT2D eigenvalue weighted by Gasteiger charge is 2.47. The van der Waals surface area contributed by atoms with E-state index in [4.69, 9.17) is 4.74 Å². The summed E-state index contributed by atoms with van der Waals surface area (Å²) in [5.41, 5.74) is -0.225. The van der Waals surface area contributed by atoms with Crippen LogP contribution < -0.4 is 0 Å². The van der Waals surface area contributed by atoms with Crippen molar-refractivity contribution in [1.82, 2.24) is 9.80 Å². The number of likely N-dealkylation sites (tertiary alicyclic amines) is 2. The third-order valence-electron chi connectivity index (χ3n) is 5.78. The number of allylic oxidation sites excluding steroid dienone is 2. The predicted octanol–water partition coefficient (Wildman–Crippen LogP) is 1.83. The molecule has 0 radical (unpaired) electrons. The summed E-state index contributed by atoms with van der Waals surface area (Å²) in [6.45, 7) is 3.67. The molecule has 2 fully saturated rings. The van der Waals surface area contributed by atoms with Gasteiger partial charge >= 0.3 is 0 Å². The molecule has 2 saturated heterocycles. The molecule has 23 heavy (non-hydrogen) atoms. The normalized spacial score (nSPS) is 28.8. The molecular weight excluding hydrogens is 292 g/mol. The van der Waals surface area contributed by atoms with Gasteiger partial charge in [-0.2, -0.15) is 0 Å². The Balaban J connectivity index is 1.60. The molecule has 2 amide bonds. The molecule has 0 aromatic rings. The largest absolute Gasteiger partial charge is 0.383 e. The van der Waals surface area contributed by atoms with Gasteiger partial charge in [-0.1, -0.05) is 12.2 Å². The Morgan fingerprint density at radius 2 is 1.96 bits per heavy atom. The highest BCUT2D eigenvalue weighted by atomic mass is 16.5. The van der Waals surface area contributed by atoms with E-state index in [-0.39, 0.29) is 23.1 Å². The zero-order valence-corrected chi connectivity index (χ0v) is 14.1. The number of amides is 2. The summed E-state index contributed by atoms with van der Waals surface area (Å²) in [7, 11) is 1.67. The van der Waals surface area contributed by atoms with Gasteiger partial charge in [-0.05, 0) is 38.5 Å². The van der Waals surface area contributed by atoms with Gasteiger partial charge in [0, 0.05) is 39.2 Å². The van der Waals surface area contributed by atoms with Crippen molar-refractivity contribution < 1.29 is 14.3 Å². The summed E-state index contributed by atoms with van der Waals surface area (Å²) >= 11 is 0. The highest BCUT2D eigenvalue weighted by Crippen LogP contribution is 2.41. The van der Waals surface area contributed by atoms with Gasteiger partial charge in [0.15, 0.2) is 0 Å². The fraction of sp³-hybridized carbons (Fsp3) is 0.778. The van der Waals surface area contributed by atoms with Crippen LogP contribution >= 0.6 is 0 Å². The van der Waals surface area contributed by atoms with E-state index in [0.29, 0.717) is 13.2 Å². The Hall–Kier alpha value is -1.36. The minimum atomic E-state index is -0.225. The molecule has 0 unspecified atom stereocenters. The zero-order valence-electron chi connectivity index (χ0n) is 14.1. The molecule has 0 aromatic carbocycles. The van der Waals surface area contributed by atoms with Gasteiger partial charge in [0.1, 0.15) is 0 Å². The van der Waals surface area contributed by atoms with Gasteiger partial charge in [-0.3, -0.25) is 9.59 Å². The van der Waals surface area contributed by atoms with Crippen LogP contribution in [0.1, 0.15) is 38.5 Å². The van der Waals surface area contributed by atoms with Crippen LogP contribution in [-0.4, -0.2) is 61.5 Å². The van der Waals surface area contributed by atoms with E-state index >= 15 is 0 Å². The lowest BCUT2D eigenvalue weighted by molar-refractivity contribution is -0.138. The lowest BCUT2D eigenvalue weighted by atomic mass is 9.79. The minimum absolute atomic E-state index is 0.140. The van der Waals surface area contributed by atoms with Gasteiger partial charge in [-0.15, -0.1) is 0 Å². The van der Waals surface area contributed by atoms with Crippen molar-refractivity contribution in [1.29, 1.82) is 0 Å². The standard InChI is InChI=1S/C18H28N2O3/c1-23-14-13-20-12-9-18(17(20)22)7-4-10-19(11-8-18)16(21)15-5-2-3-6-15/h2-3,15H,4-14H2,1H3/t18-/m0/s1. The van der Waals surface area contributed by atoms with Crippen LogP contribution in [0.5, 0.6) is 0 Å². The molecule has 3 aliphatic rings. The van der Waals surface area contributed by atoms with Crippen LogP contribution in [0.3, 0.4) is 0 Å². The Morgan fingerprint density at radius 1 is 1.22 bits per heavy atom. The summed E-state index contributed by atoms with van der Waals surface area (Å²) in [5, 5.41) is 0. The molecule has 2 aliphatic heterocycles. The van der Waals surface area contributed by atoms with E-state index in [1.807, 2.05) is 9.80 Å². The molecule has 128 valence electrons. The van der Waals surface area contributed by atoms with Gasteiger partial charge in [-0.25, -0.2) is 0 Å². The SMILES string of the molecule is COCCN1CC[C@@]2(CCCN(C(=O)C3CC=CC3)CC2)C1=O. The van der Waals surface area contributed by atoms with E-state index in [0.717, 1.165) is 58.2 Å². The average Bonchev–Trinajstić information content (AvgIpc) is 3.12.